The lowest BCUT2D eigenvalue weighted by Gasteiger charge is -2.22. The second-order valence-corrected chi connectivity index (χ2v) is 13.1. The summed E-state index contributed by atoms with van der Waals surface area (Å²) >= 11 is 1.66. The van der Waals surface area contributed by atoms with Gasteiger partial charge in [0, 0.05) is 24.5 Å². The van der Waals surface area contributed by atoms with Crippen LogP contribution in [-0.2, 0) is 4.79 Å². The molecule has 0 radical (unpaired) electrons. The Balaban J connectivity index is 1.06. The molecule has 0 fully saturated rings. The van der Waals surface area contributed by atoms with Gasteiger partial charge in [0.1, 0.15) is 5.01 Å². The number of hydrazone groups is 1. The van der Waals surface area contributed by atoms with Crippen molar-refractivity contribution < 1.29 is 38.0 Å². The maximum Gasteiger partial charge on any atom is 0.240 e. The third kappa shape index (κ3) is 7.86. The lowest BCUT2D eigenvalue weighted by Crippen LogP contribution is -2.24. The summed E-state index contributed by atoms with van der Waals surface area (Å²) in [6.45, 7) is 2.54. The summed E-state index contributed by atoms with van der Waals surface area (Å²) in [4.78, 5) is 17.6. The Morgan fingerprint density at radius 2 is 1.33 bits per heavy atom. The predicted molar refractivity (Wildman–Crippen MR) is 202 cm³/mol. The quantitative estimate of drug-likeness (QED) is 0.0928. The number of nitrogens with zero attached hydrogens (tertiary/aromatic N) is 3. The topological polar surface area (TPSA) is 110 Å². The van der Waals surface area contributed by atoms with E-state index in [1.807, 2.05) is 66.7 Å². The number of hydrogen-bond donors (Lipinski definition) is 0. The van der Waals surface area contributed by atoms with Crippen LogP contribution >= 0.6 is 11.3 Å². The molecule has 6 rings (SSSR count). The number of carbonyl (C=O) groups is 1. The number of amides is 1. The number of unbranched alkanes of at least 4 members (excludes halogenated alkanes) is 2. The second kappa shape index (κ2) is 16.7. The fourth-order valence-corrected chi connectivity index (χ4v) is 7.12. The minimum atomic E-state index is -0.331. The van der Waals surface area contributed by atoms with E-state index in [0.29, 0.717) is 59.9 Å². The number of methoxy groups -OCH3 is 5. The van der Waals surface area contributed by atoms with Crippen LogP contribution in [0.5, 0.6) is 40.2 Å². The van der Waals surface area contributed by atoms with Crippen molar-refractivity contribution in [1.82, 2.24) is 9.99 Å². The van der Waals surface area contributed by atoms with Crippen LogP contribution in [0.3, 0.4) is 0 Å². The molecule has 11 nitrogen and oxygen atoms in total. The SMILES string of the molecule is COc1ccc(-c2nc3ccccc3s2)cc1OCCCCCOc1cc(C2CC(c3cc(OC)c(OC)c(OC)c3)=NN2C(C)=O)ccc1OC. The van der Waals surface area contributed by atoms with Gasteiger partial charge in [0.05, 0.1) is 70.7 Å². The van der Waals surface area contributed by atoms with Gasteiger partial charge in [-0.1, -0.05) is 18.2 Å². The highest BCUT2D eigenvalue weighted by atomic mass is 32.1. The van der Waals surface area contributed by atoms with Crippen LogP contribution in [0.1, 0.15) is 49.8 Å². The summed E-state index contributed by atoms with van der Waals surface area (Å²) in [5, 5.41) is 7.17. The number of ether oxygens (including phenoxy) is 7. The second-order valence-electron chi connectivity index (χ2n) is 12.1. The number of benzene rings is 4. The molecule has 1 atom stereocenters. The maximum atomic E-state index is 12.8. The number of aromatic nitrogens is 1. The number of carbonyl (C=O) groups excluding carboxylic acids is 1. The van der Waals surface area contributed by atoms with E-state index >= 15 is 0 Å². The molecule has 0 N–H and O–H groups in total. The molecule has 1 aliphatic heterocycles. The third-order valence-corrected chi connectivity index (χ3v) is 9.90. The average Bonchev–Trinajstić information content (AvgIpc) is 3.83. The molecule has 2 heterocycles. The Bertz CT molecular complexity index is 2000. The van der Waals surface area contributed by atoms with Gasteiger partial charge in [-0.05, 0) is 79.4 Å². The van der Waals surface area contributed by atoms with E-state index in [4.69, 9.17) is 43.2 Å². The first-order valence-corrected chi connectivity index (χ1v) is 17.8. The van der Waals surface area contributed by atoms with Gasteiger partial charge in [0.2, 0.25) is 11.7 Å². The highest BCUT2D eigenvalue weighted by molar-refractivity contribution is 7.21. The zero-order valence-corrected chi connectivity index (χ0v) is 31.1. The minimum Gasteiger partial charge on any atom is -0.493 e. The van der Waals surface area contributed by atoms with Crippen molar-refractivity contribution in [2.45, 2.75) is 38.6 Å². The molecule has 1 aliphatic rings. The van der Waals surface area contributed by atoms with E-state index in [1.54, 1.807) is 46.9 Å². The fraction of sp³-hybridized carbons (Fsp3) is 0.325. The zero-order chi connectivity index (χ0) is 36.6. The third-order valence-electron chi connectivity index (χ3n) is 8.81. The van der Waals surface area contributed by atoms with Crippen LogP contribution in [0.25, 0.3) is 20.8 Å². The first-order valence-electron chi connectivity index (χ1n) is 17.0. The molecule has 4 aromatic carbocycles. The molecule has 1 unspecified atom stereocenters. The molecule has 0 spiro atoms. The normalized spacial score (nSPS) is 13.8. The van der Waals surface area contributed by atoms with Crippen molar-refractivity contribution in [2.75, 3.05) is 48.8 Å². The number of hydrogen-bond acceptors (Lipinski definition) is 11. The van der Waals surface area contributed by atoms with Crippen LogP contribution in [0.15, 0.2) is 77.9 Å². The molecule has 1 amide bonds. The summed E-state index contributed by atoms with van der Waals surface area (Å²) < 4.78 is 41.3. The summed E-state index contributed by atoms with van der Waals surface area (Å²) in [6.07, 6.45) is 3.04. The number of fused-ring (bicyclic) bond motifs is 1. The van der Waals surface area contributed by atoms with Crippen molar-refractivity contribution in [3.05, 3.63) is 83.9 Å². The smallest absolute Gasteiger partial charge is 0.240 e. The molecule has 0 aliphatic carbocycles. The summed E-state index contributed by atoms with van der Waals surface area (Å²) in [5.41, 5.74) is 4.36. The molecule has 12 heteroatoms. The number of thiazole rings is 1. The van der Waals surface area contributed by atoms with Gasteiger partial charge in [-0.3, -0.25) is 4.79 Å². The monoisotopic (exact) mass is 725 g/mol. The molecular formula is C40H43N3O8S. The van der Waals surface area contributed by atoms with Crippen molar-refractivity contribution >= 4 is 33.2 Å². The van der Waals surface area contributed by atoms with Crippen LogP contribution in [0, 0.1) is 0 Å². The predicted octanol–water partition coefficient (Wildman–Crippen LogP) is 8.33. The molecule has 0 saturated carbocycles. The van der Waals surface area contributed by atoms with Gasteiger partial charge >= 0.3 is 0 Å². The van der Waals surface area contributed by atoms with Gasteiger partial charge in [0.25, 0.3) is 0 Å². The van der Waals surface area contributed by atoms with E-state index in [9.17, 15) is 4.79 Å². The van der Waals surface area contributed by atoms with Crippen molar-refractivity contribution in [2.24, 2.45) is 5.10 Å². The van der Waals surface area contributed by atoms with Gasteiger partial charge in [-0.25, -0.2) is 9.99 Å². The largest absolute Gasteiger partial charge is 0.493 e. The summed E-state index contributed by atoms with van der Waals surface area (Å²) in [7, 11) is 7.95. The van der Waals surface area contributed by atoms with E-state index in [1.165, 1.54) is 11.9 Å². The standard InChI is InChI=1S/C40H43N3O8S/c1-25(44)43-31(24-30(42-43)28-22-36(47-4)39(49-6)37(23-28)48-5)26-14-16-32(45-2)34(20-26)50-18-10-7-11-19-51-35-21-27(15-17-33(35)46-3)40-41-29-12-8-9-13-38(29)52-40/h8-9,12-17,20-23,31H,7,10-11,18-19,24H2,1-6H3. The van der Waals surface area contributed by atoms with Gasteiger partial charge < -0.3 is 33.2 Å². The van der Waals surface area contributed by atoms with Crippen molar-refractivity contribution in [3.63, 3.8) is 0 Å². The Morgan fingerprint density at radius 3 is 1.94 bits per heavy atom. The van der Waals surface area contributed by atoms with Gasteiger partial charge in [-0.15, -0.1) is 11.3 Å². The van der Waals surface area contributed by atoms with Gasteiger partial charge in [0.15, 0.2) is 34.5 Å². The fourth-order valence-electron chi connectivity index (χ4n) is 6.16. The Labute approximate surface area is 307 Å². The summed E-state index contributed by atoms with van der Waals surface area (Å²) in [5.74, 6) is 3.95. The molecule has 272 valence electrons. The molecule has 1 aromatic heterocycles. The zero-order valence-electron chi connectivity index (χ0n) is 30.3. The van der Waals surface area contributed by atoms with Crippen LogP contribution < -0.4 is 33.2 Å². The molecule has 0 bridgehead atoms. The van der Waals surface area contributed by atoms with Gasteiger partial charge in [-0.2, -0.15) is 5.10 Å². The minimum absolute atomic E-state index is 0.172. The molecule has 52 heavy (non-hydrogen) atoms. The molecule has 5 aromatic rings. The van der Waals surface area contributed by atoms with E-state index in [-0.39, 0.29) is 11.9 Å². The summed E-state index contributed by atoms with van der Waals surface area (Å²) in [6, 6.07) is 23.1. The van der Waals surface area contributed by atoms with Crippen molar-refractivity contribution in [3.8, 4) is 50.8 Å². The van der Waals surface area contributed by atoms with E-state index in [0.717, 1.165) is 56.9 Å². The van der Waals surface area contributed by atoms with Crippen LogP contribution in [0.2, 0.25) is 0 Å². The molecular weight excluding hydrogens is 683 g/mol. The lowest BCUT2D eigenvalue weighted by atomic mass is 9.97. The van der Waals surface area contributed by atoms with Crippen molar-refractivity contribution in [1.29, 1.82) is 0 Å². The first-order chi connectivity index (χ1) is 25.4. The first kappa shape index (κ1) is 36.3. The Hall–Kier alpha value is -5.49. The van der Waals surface area contributed by atoms with E-state index in [2.05, 4.69) is 6.07 Å². The highest BCUT2D eigenvalue weighted by Crippen LogP contribution is 2.42. The number of rotatable bonds is 16. The molecule has 0 saturated heterocycles. The van der Waals surface area contributed by atoms with E-state index < -0.39 is 0 Å². The highest BCUT2D eigenvalue weighted by Gasteiger charge is 2.33. The Morgan fingerprint density at radius 1 is 0.712 bits per heavy atom. The lowest BCUT2D eigenvalue weighted by molar-refractivity contribution is -0.130. The van der Waals surface area contributed by atoms with Crippen LogP contribution in [-0.4, -0.2) is 70.4 Å². The Kier molecular flexibility index (Phi) is 11.6. The van der Waals surface area contributed by atoms with Crippen LogP contribution in [0.4, 0.5) is 0 Å². The average molecular weight is 726 g/mol. The number of para-hydroxylation sites is 1. The maximum absolute atomic E-state index is 12.8.